The number of hydrogen-bond acceptors (Lipinski definition) is 4. The monoisotopic (exact) mass is 302 g/mol. The number of rotatable bonds is 4. The van der Waals surface area contributed by atoms with Crippen LogP contribution in [0.3, 0.4) is 0 Å². The van der Waals surface area contributed by atoms with Gasteiger partial charge in [-0.3, -0.25) is 9.40 Å². The molecule has 0 bridgehead atoms. The standard InChI is InChI=1S/C11H12F2N4O2S/c1-2-17-6-10(11(14)15-17)20(18,19)16-9-4-7(12)3-8(13)5-9/h3-6,16H,2H2,1H3,(H2,14,15). The van der Waals surface area contributed by atoms with Gasteiger partial charge in [-0.1, -0.05) is 0 Å². The number of benzene rings is 1. The molecule has 0 amide bonds. The van der Waals surface area contributed by atoms with E-state index in [9.17, 15) is 17.2 Å². The van der Waals surface area contributed by atoms with Crippen molar-refractivity contribution >= 4 is 21.5 Å². The van der Waals surface area contributed by atoms with E-state index in [-0.39, 0.29) is 16.4 Å². The van der Waals surface area contributed by atoms with Gasteiger partial charge in [-0.25, -0.2) is 17.2 Å². The molecule has 0 aliphatic rings. The molecule has 0 atom stereocenters. The summed E-state index contributed by atoms with van der Waals surface area (Å²) in [6, 6.07) is 2.36. The molecule has 0 aliphatic heterocycles. The highest BCUT2D eigenvalue weighted by molar-refractivity contribution is 7.92. The topological polar surface area (TPSA) is 90.0 Å². The number of halogens is 2. The van der Waals surface area contributed by atoms with Crippen LogP contribution in [0, 0.1) is 11.6 Å². The first kappa shape index (κ1) is 14.3. The zero-order chi connectivity index (χ0) is 14.9. The van der Waals surface area contributed by atoms with Crippen molar-refractivity contribution in [1.29, 1.82) is 0 Å². The van der Waals surface area contributed by atoms with E-state index in [0.29, 0.717) is 12.6 Å². The largest absolute Gasteiger partial charge is 0.381 e. The molecule has 0 aliphatic carbocycles. The Morgan fingerprint density at radius 1 is 1.30 bits per heavy atom. The van der Waals surface area contributed by atoms with Crippen LogP contribution >= 0.6 is 0 Å². The molecule has 1 heterocycles. The Labute approximate surface area is 114 Å². The molecule has 0 unspecified atom stereocenters. The zero-order valence-electron chi connectivity index (χ0n) is 10.5. The van der Waals surface area contributed by atoms with E-state index >= 15 is 0 Å². The summed E-state index contributed by atoms with van der Waals surface area (Å²) in [6.07, 6.45) is 1.24. The van der Waals surface area contributed by atoms with Gasteiger partial charge >= 0.3 is 0 Å². The Balaban J connectivity index is 2.37. The number of nitrogens with zero attached hydrogens (tertiary/aromatic N) is 2. The molecule has 6 nitrogen and oxygen atoms in total. The highest BCUT2D eigenvalue weighted by Crippen LogP contribution is 2.21. The molecule has 2 rings (SSSR count). The van der Waals surface area contributed by atoms with Crippen molar-refractivity contribution in [2.24, 2.45) is 0 Å². The maximum atomic E-state index is 13.0. The first-order valence-corrected chi connectivity index (χ1v) is 7.12. The summed E-state index contributed by atoms with van der Waals surface area (Å²) in [5.41, 5.74) is 5.29. The van der Waals surface area contributed by atoms with Crippen LogP contribution in [0.2, 0.25) is 0 Å². The van der Waals surface area contributed by atoms with Crippen LogP contribution in [0.1, 0.15) is 6.92 Å². The third-order valence-corrected chi connectivity index (χ3v) is 3.88. The van der Waals surface area contributed by atoms with Gasteiger partial charge in [-0.2, -0.15) is 5.10 Å². The summed E-state index contributed by atoms with van der Waals surface area (Å²) < 4.78 is 53.6. The van der Waals surface area contributed by atoms with Gasteiger partial charge in [0.15, 0.2) is 5.82 Å². The van der Waals surface area contributed by atoms with Gasteiger partial charge in [0.05, 0.1) is 5.69 Å². The minimum absolute atomic E-state index is 0.184. The van der Waals surface area contributed by atoms with E-state index in [4.69, 9.17) is 5.73 Å². The molecule has 0 saturated heterocycles. The number of aromatic nitrogens is 2. The minimum atomic E-state index is -4.06. The van der Waals surface area contributed by atoms with Gasteiger partial charge in [-0.05, 0) is 19.1 Å². The minimum Gasteiger partial charge on any atom is -0.381 e. The Kier molecular flexibility index (Phi) is 3.62. The van der Waals surface area contributed by atoms with Crippen molar-refractivity contribution in [2.45, 2.75) is 18.4 Å². The Morgan fingerprint density at radius 2 is 1.90 bits per heavy atom. The molecule has 0 radical (unpaired) electrons. The van der Waals surface area contributed by atoms with E-state index in [1.54, 1.807) is 6.92 Å². The number of anilines is 2. The van der Waals surface area contributed by atoms with Crippen LogP contribution in [-0.4, -0.2) is 18.2 Å². The van der Waals surface area contributed by atoms with Crippen LogP contribution < -0.4 is 10.5 Å². The molecular formula is C11H12F2N4O2S. The lowest BCUT2D eigenvalue weighted by molar-refractivity contribution is 0.584. The number of sulfonamides is 1. The lowest BCUT2D eigenvalue weighted by Crippen LogP contribution is -2.14. The summed E-state index contributed by atoms with van der Waals surface area (Å²) in [5, 5.41) is 3.80. The first-order chi connectivity index (χ1) is 9.31. The Bertz CT molecular complexity index is 723. The third kappa shape index (κ3) is 2.87. The number of hydrogen-bond donors (Lipinski definition) is 2. The fourth-order valence-corrected chi connectivity index (χ4v) is 2.72. The lowest BCUT2D eigenvalue weighted by Gasteiger charge is -2.07. The maximum absolute atomic E-state index is 13.0. The summed E-state index contributed by atoms with van der Waals surface area (Å²) in [4.78, 5) is -0.246. The summed E-state index contributed by atoms with van der Waals surface area (Å²) >= 11 is 0. The first-order valence-electron chi connectivity index (χ1n) is 5.63. The number of nitrogens with two attached hydrogens (primary N) is 1. The van der Waals surface area contributed by atoms with E-state index in [2.05, 4.69) is 9.82 Å². The fraction of sp³-hybridized carbons (Fsp3) is 0.182. The van der Waals surface area contributed by atoms with Crippen LogP contribution in [0.4, 0.5) is 20.3 Å². The molecule has 0 saturated carbocycles. The number of aryl methyl sites for hydroxylation is 1. The average Bonchev–Trinajstić information content (AvgIpc) is 2.69. The van der Waals surface area contributed by atoms with Gasteiger partial charge in [-0.15, -0.1) is 0 Å². The predicted octanol–water partition coefficient (Wildman–Crippen LogP) is 1.56. The second kappa shape index (κ2) is 5.08. The highest BCUT2D eigenvalue weighted by atomic mass is 32.2. The molecular weight excluding hydrogens is 290 g/mol. The maximum Gasteiger partial charge on any atom is 0.267 e. The number of nitrogens with one attached hydrogen (secondary N) is 1. The second-order valence-electron chi connectivity index (χ2n) is 4.00. The molecule has 0 spiro atoms. The molecule has 2 aromatic rings. The molecule has 3 N–H and O–H groups in total. The molecule has 9 heteroatoms. The highest BCUT2D eigenvalue weighted by Gasteiger charge is 2.21. The Morgan fingerprint density at radius 3 is 2.40 bits per heavy atom. The average molecular weight is 302 g/mol. The van der Waals surface area contributed by atoms with E-state index in [0.717, 1.165) is 12.1 Å². The van der Waals surface area contributed by atoms with Crippen LogP contribution in [0.5, 0.6) is 0 Å². The van der Waals surface area contributed by atoms with Crippen molar-refractivity contribution in [2.75, 3.05) is 10.5 Å². The van der Waals surface area contributed by atoms with Gasteiger partial charge < -0.3 is 5.73 Å². The van der Waals surface area contributed by atoms with Crippen molar-refractivity contribution in [3.05, 3.63) is 36.0 Å². The predicted molar refractivity (Wildman–Crippen MR) is 69.5 cm³/mol. The smallest absolute Gasteiger partial charge is 0.267 e. The SMILES string of the molecule is CCn1cc(S(=O)(=O)Nc2cc(F)cc(F)c2)c(N)n1. The second-order valence-corrected chi connectivity index (χ2v) is 5.65. The third-order valence-electron chi connectivity index (χ3n) is 2.48. The van der Waals surface area contributed by atoms with Gasteiger partial charge in [0.1, 0.15) is 16.5 Å². The Hall–Kier alpha value is -2.16. The zero-order valence-corrected chi connectivity index (χ0v) is 11.3. The molecule has 1 aromatic heterocycles. The van der Waals surface area contributed by atoms with Crippen molar-refractivity contribution in [3.63, 3.8) is 0 Å². The van der Waals surface area contributed by atoms with Crippen LogP contribution in [0.25, 0.3) is 0 Å². The molecule has 1 aromatic carbocycles. The van der Waals surface area contributed by atoms with Crippen molar-refractivity contribution in [3.8, 4) is 0 Å². The summed E-state index contributed by atoms with van der Waals surface area (Å²) in [7, 11) is -4.06. The molecule has 0 fully saturated rings. The fourth-order valence-electron chi connectivity index (χ4n) is 1.61. The summed E-state index contributed by atoms with van der Waals surface area (Å²) in [6.45, 7) is 2.20. The quantitative estimate of drug-likeness (QED) is 0.897. The van der Waals surface area contributed by atoms with Crippen molar-refractivity contribution < 1.29 is 17.2 Å². The van der Waals surface area contributed by atoms with Crippen molar-refractivity contribution in [1.82, 2.24) is 9.78 Å². The molecule has 108 valence electrons. The van der Waals surface area contributed by atoms with Gasteiger partial charge in [0.25, 0.3) is 10.0 Å². The lowest BCUT2D eigenvalue weighted by atomic mass is 10.3. The number of nitrogen functional groups attached to an aromatic ring is 1. The van der Waals surface area contributed by atoms with E-state index in [1.165, 1.54) is 10.9 Å². The van der Waals surface area contributed by atoms with Crippen LogP contribution in [0.15, 0.2) is 29.3 Å². The van der Waals surface area contributed by atoms with E-state index in [1.807, 2.05) is 0 Å². The summed E-state index contributed by atoms with van der Waals surface area (Å²) in [5.74, 6) is -1.96. The van der Waals surface area contributed by atoms with Gasteiger partial charge in [0, 0.05) is 18.8 Å². The van der Waals surface area contributed by atoms with Gasteiger partial charge in [0.2, 0.25) is 0 Å². The molecule has 20 heavy (non-hydrogen) atoms. The van der Waals surface area contributed by atoms with E-state index < -0.39 is 21.7 Å². The normalized spacial score (nSPS) is 11.6. The van der Waals surface area contributed by atoms with Crippen LogP contribution in [-0.2, 0) is 16.6 Å².